The molecule has 1 aromatic heterocycles. The molecule has 0 bridgehead atoms. The van der Waals surface area contributed by atoms with Gasteiger partial charge in [-0.25, -0.2) is 0 Å². The highest BCUT2D eigenvalue weighted by Gasteiger charge is 2.10. The molecule has 0 fully saturated rings. The molecule has 1 rings (SSSR count). The topological polar surface area (TPSA) is 12.0 Å². The van der Waals surface area contributed by atoms with E-state index in [4.69, 9.17) is 0 Å². The summed E-state index contributed by atoms with van der Waals surface area (Å²) in [5, 5.41) is 3.40. The highest BCUT2D eigenvalue weighted by molar-refractivity contribution is 9.10. The highest BCUT2D eigenvalue weighted by atomic mass is 79.9. The Morgan fingerprint density at radius 1 is 1.67 bits per heavy atom. The van der Waals surface area contributed by atoms with Crippen molar-refractivity contribution in [1.82, 2.24) is 5.32 Å². The third kappa shape index (κ3) is 2.31. The minimum atomic E-state index is 0.461. The van der Waals surface area contributed by atoms with Gasteiger partial charge in [0.1, 0.15) is 0 Å². The summed E-state index contributed by atoms with van der Waals surface area (Å²) in [7, 11) is 0. The third-order valence-corrected chi connectivity index (χ3v) is 3.89. The molecule has 1 heterocycles. The Bertz CT molecular complexity index is 257. The van der Waals surface area contributed by atoms with Crippen molar-refractivity contribution < 1.29 is 0 Å². The van der Waals surface area contributed by atoms with Crippen LogP contribution in [-0.2, 0) is 0 Å². The molecule has 1 unspecified atom stereocenters. The first-order valence-electron chi connectivity index (χ1n) is 4.14. The lowest BCUT2D eigenvalue weighted by Gasteiger charge is -2.10. The highest BCUT2D eigenvalue weighted by Crippen LogP contribution is 2.31. The summed E-state index contributed by atoms with van der Waals surface area (Å²) in [5.41, 5.74) is 0. The van der Waals surface area contributed by atoms with Crippen LogP contribution in [0.4, 0.5) is 0 Å². The van der Waals surface area contributed by atoms with E-state index in [9.17, 15) is 0 Å². The van der Waals surface area contributed by atoms with Crippen LogP contribution >= 0.6 is 27.3 Å². The second-order valence-electron chi connectivity index (χ2n) is 2.85. The molecule has 1 nitrogen and oxygen atoms in total. The maximum absolute atomic E-state index is 3.56. The second-order valence-corrected chi connectivity index (χ2v) is 4.99. The van der Waals surface area contributed by atoms with Gasteiger partial charge in [-0.1, -0.05) is 6.92 Å². The van der Waals surface area contributed by atoms with Gasteiger partial charge in [0, 0.05) is 20.3 Å². The van der Waals surface area contributed by atoms with Crippen LogP contribution in [0.25, 0.3) is 0 Å². The minimum Gasteiger partial charge on any atom is -0.310 e. The molecule has 0 radical (unpaired) electrons. The van der Waals surface area contributed by atoms with Crippen LogP contribution in [0, 0.1) is 6.92 Å². The van der Waals surface area contributed by atoms with Gasteiger partial charge in [-0.05, 0) is 42.4 Å². The van der Waals surface area contributed by atoms with Gasteiger partial charge in [-0.15, -0.1) is 11.3 Å². The molecule has 0 saturated carbocycles. The van der Waals surface area contributed by atoms with Crippen molar-refractivity contribution in [2.45, 2.75) is 26.8 Å². The fraction of sp³-hybridized carbons (Fsp3) is 0.556. The molecule has 1 atom stereocenters. The Balaban J connectivity index is 2.79. The number of thiophene rings is 1. The molecule has 0 saturated heterocycles. The fourth-order valence-corrected chi connectivity index (χ4v) is 3.22. The van der Waals surface area contributed by atoms with E-state index >= 15 is 0 Å². The number of hydrogen-bond donors (Lipinski definition) is 1. The van der Waals surface area contributed by atoms with E-state index in [0.29, 0.717) is 6.04 Å². The third-order valence-electron chi connectivity index (χ3n) is 1.74. The average molecular weight is 248 g/mol. The number of hydrogen-bond acceptors (Lipinski definition) is 2. The van der Waals surface area contributed by atoms with Crippen LogP contribution in [0.15, 0.2) is 10.5 Å². The molecule has 0 amide bonds. The molecule has 0 aliphatic rings. The van der Waals surface area contributed by atoms with Crippen molar-refractivity contribution in [1.29, 1.82) is 0 Å². The van der Waals surface area contributed by atoms with E-state index in [-0.39, 0.29) is 0 Å². The Labute approximate surface area is 86.3 Å². The molecule has 0 aromatic carbocycles. The van der Waals surface area contributed by atoms with Crippen LogP contribution in [0.2, 0.25) is 0 Å². The van der Waals surface area contributed by atoms with Crippen LogP contribution < -0.4 is 5.32 Å². The molecule has 1 N–H and O–H groups in total. The Morgan fingerprint density at radius 3 is 2.75 bits per heavy atom. The van der Waals surface area contributed by atoms with Crippen molar-refractivity contribution in [3.63, 3.8) is 0 Å². The van der Waals surface area contributed by atoms with Crippen LogP contribution in [-0.4, -0.2) is 6.54 Å². The van der Waals surface area contributed by atoms with Gasteiger partial charge in [-0.3, -0.25) is 0 Å². The zero-order valence-electron chi connectivity index (χ0n) is 7.65. The normalized spacial score (nSPS) is 13.3. The summed E-state index contributed by atoms with van der Waals surface area (Å²) in [6.45, 7) is 7.48. The first-order valence-corrected chi connectivity index (χ1v) is 5.75. The van der Waals surface area contributed by atoms with Gasteiger partial charge in [0.2, 0.25) is 0 Å². The molecular weight excluding hydrogens is 234 g/mol. The smallest absolute Gasteiger partial charge is 0.0397 e. The van der Waals surface area contributed by atoms with Crippen molar-refractivity contribution in [2.24, 2.45) is 0 Å². The lowest BCUT2D eigenvalue weighted by atomic mass is 10.3. The first kappa shape index (κ1) is 10.2. The SMILES string of the molecule is CCNC(C)c1sc(C)cc1Br. The van der Waals surface area contributed by atoms with Gasteiger partial charge in [0.05, 0.1) is 0 Å². The van der Waals surface area contributed by atoms with E-state index in [2.05, 4.69) is 48.1 Å². The zero-order chi connectivity index (χ0) is 9.14. The number of nitrogens with one attached hydrogen (secondary N) is 1. The molecule has 0 aliphatic heterocycles. The summed E-state index contributed by atoms with van der Waals surface area (Å²) in [5.74, 6) is 0. The van der Waals surface area contributed by atoms with E-state index < -0.39 is 0 Å². The average Bonchev–Trinajstić information content (AvgIpc) is 2.30. The predicted octanol–water partition coefficient (Wildman–Crippen LogP) is 3.49. The van der Waals surface area contributed by atoms with Gasteiger partial charge in [-0.2, -0.15) is 0 Å². The Morgan fingerprint density at radius 2 is 2.33 bits per heavy atom. The second kappa shape index (κ2) is 4.40. The zero-order valence-corrected chi connectivity index (χ0v) is 10.1. The van der Waals surface area contributed by atoms with Crippen LogP contribution in [0.5, 0.6) is 0 Å². The van der Waals surface area contributed by atoms with E-state index in [1.807, 2.05) is 11.3 Å². The maximum atomic E-state index is 3.56. The summed E-state index contributed by atoms with van der Waals surface area (Å²) < 4.78 is 1.23. The summed E-state index contributed by atoms with van der Waals surface area (Å²) in [6, 6.07) is 2.64. The lowest BCUT2D eigenvalue weighted by molar-refractivity contribution is 0.605. The Hall–Kier alpha value is 0.140. The van der Waals surface area contributed by atoms with Gasteiger partial charge in [0.15, 0.2) is 0 Å². The Kier molecular flexibility index (Phi) is 3.75. The number of aryl methyl sites for hydroxylation is 1. The van der Waals surface area contributed by atoms with Gasteiger partial charge < -0.3 is 5.32 Å². The molecule has 0 spiro atoms. The minimum absolute atomic E-state index is 0.461. The quantitative estimate of drug-likeness (QED) is 0.863. The summed E-state index contributed by atoms with van der Waals surface area (Å²) in [6.07, 6.45) is 0. The predicted molar refractivity (Wildman–Crippen MR) is 58.8 cm³/mol. The van der Waals surface area contributed by atoms with Gasteiger partial charge >= 0.3 is 0 Å². The van der Waals surface area contributed by atoms with Crippen molar-refractivity contribution in [3.8, 4) is 0 Å². The van der Waals surface area contributed by atoms with Crippen LogP contribution in [0.1, 0.15) is 29.6 Å². The summed E-state index contributed by atoms with van der Waals surface area (Å²) in [4.78, 5) is 2.76. The fourth-order valence-electron chi connectivity index (χ4n) is 1.20. The standard InChI is InChI=1S/C9H14BrNS/c1-4-11-7(3)9-8(10)5-6(2)12-9/h5,7,11H,4H2,1-3H3. The lowest BCUT2D eigenvalue weighted by Crippen LogP contribution is -2.16. The number of rotatable bonds is 3. The van der Waals surface area contributed by atoms with Crippen molar-refractivity contribution in [3.05, 3.63) is 20.3 Å². The summed E-state index contributed by atoms with van der Waals surface area (Å²) >= 11 is 5.41. The molecule has 68 valence electrons. The molecule has 1 aromatic rings. The number of halogens is 1. The molecular formula is C9H14BrNS. The van der Waals surface area contributed by atoms with E-state index in [1.54, 1.807) is 0 Å². The molecule has 3 heteroatoms. The molecule has 12 heavy (non-hydrogen) atoms. The van der Waals surface area contributed by atoms with Crippen molar-refractivity contribution >= 4 is 27.3 Å². The van der Waals surface area contributed by atoms with E-state index in [0.717, 1.165) is 6.54 Å². The van der Waals surface area contributed by atoms with Gasteiger partial charge in [0.25, 0.3) is 0 Å². The maximum Gasteiger partial charge on any atom is 0.0397 e. The van der Waals surface area contributed by atoms with E-state index in [1.165, 1.54) is 14.2 Å². The first-order chi connectivity index (χ1) is 5.65. The largest absolute Gasteiger partial charge is 0.310 e. The monoisotopic (exact) mass is 247 g/mol. The van der Waals surface area contributed by atoms with Crippen LogP contribution in [0.3, 0.4) is 0 Å². The molecule has 0 aliphatic carbocycles. The van der Waals surface area contributed by atoms with Crippen molar-refractivity contribution in [2.75, 3.05) is 6.54 Å².